The fourth-order valence-corrected chi connectivity index (χ4v) is 2.97. The maximum absolute atomic E-state index is 6.30. The highest BCUT2D eigenvalue weighted by Gasteiger charge is 2.22. The van der Waals surface area contributed by atoms with Gasteiger partial charge in [0.25, 0.3) is 0 Å². The predicted molar refractivity (Wildman–Crippen MR) is 104 cm³/mol. The third kappa shape index (κ3) is 3.92. The van der Waals surface area contributed by atoms with Crippen LogP contribution in [0.2, 0.25) is 5.02 Å². The quantitative estimate of drug-likeness (QED) is 0.625. The standard InChI is InChI=1S/C21H21ClN2O2/c1-13(23)15-4-7-19-16(10-15)5-9-21(24-19)26-17-6-8-20(18(22)11-17)25-12-14-2-3-14/h4-11,13-14H,2-3,12,23H2,1H3. The molecule has 0 spiro atoms. The molecular formula is C21H21ClN2O2. The van der Waals surface area contributed by atoms with Crippen LogP contribution in [0.4, 0.5) is 0 Å². The van der Waals surface area contributed by atoms with Crippen LogP contribution < -0.4 is 15.2 Å². The van der Waals surface area contributed by atoms with Crippen molar-refractivity contribution in [2.75, 3.05) is 6.61 Å². The average molecular weight is 369 g/mol. The molecule has 4 nitrogen and oxygen atoms in total. The van der Waals surface area contributed by atoms with E-state index in [4.69, 9.17) is 26.8 Å². The molecule has 4 rings (SSSR count). The lowest BCUT2D eigenvalue weighted by molar-refractivity contribution is 0.299. The zero-order valence-corrected chi connectivity index (χ0v) is 15.4. The van der Waals surface area contributed by atoms with E-state index >= 15 is 0 Å². The summed E-state index contributed by atoms with van der Waals surface area (Å²) in [5, 5.41) is 1.58. The number of halogens is 1. The Morgan fingerprint density at radius 1 is 1.15 bits per heavy atom. The predicted octanol–water partition coefficient (Wildman–Crippen LogP) is 5.49. The van der Waals surface area contributed by atoms with E-state index in [1.807, 2.05) is 43.3 Å². The highest BCUT2D eigenvalue weighted by atomic mass is 35.5. The topological polar surface area (TPSA) is 57.4 Å². The second-order valence-corrected chi connectivity index (χ2v) is 7.25. The number of fused-ring (bicyclic) bond motifs is 1. The molecule has 2 aromatic carbocycles. The van der Waals surface area contributed by atoms with Gasteiger partial charge in [0.15, 0.2) is 0 Å². The Bertz CT molecular complexity index is 938. The largest absolute Gasteiger partial charge is 0.492 e. The van der Waals surface area contributed by atoms with Gasteiger partial charge in [-0.3, -0.25) is 0 Å². The van der Waals surface area contributed by atoms with Crippen LogP contribution in [0, 0.1) is 5.92 Å². The Balaban J connectivity index is 1.50. The van der Waals surface area contributed by atoms with Crippen LogP contribution in [0.3, 0.4) is 0 Å². The zero-order chi connectivity index (χ0) is 18.1. The van der Waals surface area contributed by atoms with Crippen molar-refractivity contribution >= 4 is 22.5 Å². The fourth-order valence-electron chi connectivity index (χ4n) is 2.74. The number of hydrogen-bond acceptors (Lipinski definition) is 4. The lowest BCUT2D eigenvalue weighted by Gasteiger charge is -2.11. The normalized spacial score (nSPS) is 15.0. The van der Waals surface area contributed by atoms with E-state index in [2.05, 4.69) is 11.1 Å². The van der Waals surface area contributed by atoms with Crippen LogP contribution in [0.1, 0.15) is 31.4 Å². The molecule has 0 radical (unpaired) electrons. The molecule has 134 valence electrons. The maximum Gasteiger partial charge on any atom is 0.219 e. The molecule has 1 saturated carbocycles. The van der Waals surface area contributed by atoms with Crippen LogP contribution in [-0.4, -0.2) is 11.6 Å². The van der Waals surface area contributed by atoms with Gasteiger partial charge in [-0.1, -0.05) is 17.7 Å². The van der Waals surface area contributed by atoms with E-state index in [-0.39, 0.29) is 6.04 Å². The lowest BCUT2D eigenvalue weighted by atomic mass is 10.1. The summed E-state index contributed by atoms with van der Waals surface area (Å²) in [4.78, 5) is 4.55. The molecule has 2 N–H and O–H groups in total. The molecule has 0 saturated heterocycles. The minimum absolute atomic E-state index is 0.00174. The summed E-state index contributed by atoms with van der Waals surface area (Å²) in [5.41, 5.74) is 7.88. The van der Waals surface area contributed by atoms with Gasteiger partial charge in [-0.05, 0) is 61.6 Å². The van der Waals surface area contributed by atoms with Crippen molar-refractivity contribution < 1.29 is 9.47 Å². The van der Waals surface area contributed by atoms with Crippen LogP contribution in [-0.2, 0) is 0 Å². The number of nitrogens with zero attached hydrogens (tertiary/aromatic N) is 1. The van der Waals surface area contributed by atoms with Gasteiger partial charge in [-0.2, -0.15) is 0 Å². The Labute approximate surface area is 157 Å². The van der Waals surface area contributed by atoms with E-state index < -0.39 is 0 Å². The van der Waals surface area contributed by atoms with Gasteiger partial charge in [-0.25, -0.2) is 4.98 Å². The minimum Gasteiger partial charge on any atom is -0.492 e. The summed E-state index contributed by atoms with van der Waals surface area (Å²) in [6, 6.07) is 15.3. The molecule has 0 bridgehead atoms. The average Bonchev–Trinajstić information content (AvgIpc) is 3.45. The van der Waals surface area contributed by atoms with Crippen LogP contribution in [0.5, 0.6) is 17.4 Å². The molecule has 1 aromatic heterocycles. The van der Waals surface area contributed by atoms with Gasteiger partial charge in [0.05, 0.1) is 17.1 Å². The number of nitrogens with two attached hydrogens (primary N) is 1. The maximum atomic E-state index is 6.30. The Morgan fingerprint density at radius 3 is 2.73 bits per heavy atom. The third-order valence-corrected chi connectivity index (χ3v) is 4.81. The molecular weight excluding hydrogens is 348 g/mol. The highest BCUT2D eigenvalue weighted by molar-refractivity contribution is 6.32. The monoisotopic (exact) mass is 368 g/mol. The Hall–Kier alpha value is -2.30. The number of ether oxygens (including phenoxy) is 2. The van der Waals surface area contributed by atoms with Crippen molar-refractivity contribution in [2.24, 2.45) is 11.7 Å². The molecule has 1 fully saturated rings. The van der Waals surface area contributed by atoms with Crippen molar-refractivity contribution in [3.05, 3.63) is 59.1 Å². The number of aromatic nitrogens is 1. The summed E-state index contributed by atoms with van der Waals surface area (Å²) >= 11 is 6.30. The first-order valence-electron chi connectivity index (χ1n) is 8.85. The smallest absolute Gasteiger partial charge is 0.219 e. The molecule has 3 aromatic rings. The first-order valence-corrected chi connectivity index (χ1v) is 9.23. The molecule has 0 amide bonds. The Kier molecular flexibility index (Phi) is 4.70. The van der Waals surface area contributed by atoms with Gasteiger partial charge in [0.1, 0.15) is 11.5 Å². The van der Waals surface area contributed by atoms with Gasteiger partial charge in [0, 0.05) is 23.6 Å². The minimum atomic E-state index is -0.00174. The number of pyridine rings is 1. The second kappa shape index (κ2) is 7.14. The van der Waals surface area contributed by atoms with Crippen molar-refractivity contribution in [1.82, 2.24) is 4.98 Å². The molecule has 5 heteroatoms. The summed E-state index contributed by atoms with van der Waals surface area (Å²) in [6.07, 6.45) is 2.50. The summed E-state index contributed by atoms with van der Waals surface area (Å²) in [7, 11) is 0. The molecule has 26 heavy (non-hydrogen) atoms. The number of rotatable bonds is 6. The van der Waals surface area contributed by atoms with Crippen molar-refractivity contribution in [3.8, 4) is 17.4 Å². The number of benzene rings is 2. The van der Waals surface area contributed by atoms with Gasteiger partial charge in [0.2, 0.25) is 5.88 Å². The van der Waals surface area contributed by atoms with Crippen molar-refractivity contribution in [3.63, 3.8) is 0 Å². The van der Waals surface area contributed by atoms with Gasteiger partial charge >= 0.3 is 0 Å². The van der Waals surface area contributed by atoms with Crippen LogP contribution >= 0.6 is 11.6 Å². The number of hydrogen-bond donors (Lipinski definition) is 1. The molecule has 1 atom stereocenters. The fraction of sp³-hybridized carbons (Fsp3) is 0.286. The SMILES string of the molecule is CC(N)c1ccc2nc(Oc3ccc(OCC4CC4)c(Cl)c3)ccc2c1. The molecule has 0 aliphatic heterocycles. The Morgan fingerprint density at radius 2 is 2.00 bits per heavy atom. The van der Waals surface area contributed by atoms with E-state index in [1.54, 1.807) is 6.07 Å². The molecule has 1 heterocycles. The van der Waals surface area contributed by atoms with E-state index in [1.165, 1.54) is 12.8 Å². The lowest BCUT2D eigenvalue weighted by Crippen LogP contribution is -2.04. The summed E-state index contributed by atoms with van der Waals surface area (Å²) < 4.78 is 11.6. The second-order valence-electron chi connectivity index (χ2n) is 6.84. The van der Waals surface area contributed by atoms with Crippen molar-refractivity contribution in [1.29, 1.82) is 0 Å². The molecule has 1 aliphatic carbocycles. The van der Waals surface area contributed by atoms with Crippen LogP contribution in [0.15, 0.2) is 48.5 Å². The van der Waals surface area contributed by atoms with Gasteiger partial charge < -0.3 is 15.2 Å². The van der Waals surface area contributed by atoms with Gasteiger partial charge in [-0.15, -0.1) is 0 Å². The van der Waals surface area contributed by atoms with E-state index in [0.29, 0.717) is 28.3 Å². The molecule has 1 unspecified atom stereocenters. The zero-order valence-electron chi connectivity index (χ0n) is 14.6. The van der Waals surface area contributed by atoms with E-state index in [0.717, 1.165) is 23.1 Å². The van der Waals surface area contributed by atoms with Crippen LogP contribution in [0.25, 0.3) is 10.9 Å². The van der Waals surface area contributed by atoms with E-state index in [9.17, 15) is 0 Å². The molecule has 1 aliphatic rings. The summed E-state index contributed by atoms with van der Waals surface area (Å²) in [6.45, 7) is 2.70. The first kappa shape index (κ1) is 17.1. The first-order chi connectivity index (χ1) is 12.6. The third-order valence-electron chi connectivity index (χ3n) is 4.51. The van der Waals surface area contributed by atoms with Crippen molar-refractivity contribution in [2.45, 2.75) is 25.8 Å². The highest BCUT2D eigenvalue weighted by Crippen LogP contribution is 2.34. The summed E-state index contributed by atoms with van der Waals surface area (Å²) in [5.74, 6) is 2.54.